The van der Waals surface area contributed by atoms with Crippen molar-refractivity contribution in [3.05, 3.63) is 210 Å². The number of methoxy groups -OCH3 is 1. The lowest BCUT2D eigenvalue weighted by molar-refractivity contribution is -0.119. The first-order chi connectivity index (χ1) is 28.3. The second-order valence-corrected chi connectivity index (χ2v) is 20.4. The molecule has 2 atom stereocenters. The molecule has 0 amide bonds. The molecule has 1 fully saturated rings. The molecular weight excluding hydrogens is 733 g/mol. The van der Waals surface area contributed by atoms with Crippen LogP contribution in [-0.4, -0.2) is 47.5 Å². The summed E-state index contributed by atoms with van der Waals surface area (Å²) in [6.07, 6.45) is 3.43. The van der Waals surface area contributed by atoms with Gasteiger partial charge in [0, 0.05) is 0 Å². The Bertz CT molecular complexity index is 2020. The van der Waals surface area contributed by atoms with Gasteiger partial charge in [0.2, 0.25) is 0 Å². The van der Waals surface area contributed by atoms with Gasteiger partial charge in [-0.05, 0) is 62.6 Å². The minimum Gasteiger partial charge on any atom is -0.497 e. The molecule has 5 nitrogen and oxygen atoms in total. The summed E-state index contributed by atoms with van der Waals surface area (Å²) >= 11 is 0. The number of hydrogen-bond donors (Lipinski definition) is 0. The molecule has 1 aliphatic rings. The van der Waals surface area contributed by atoms with Gasteiger partial charge in [0.1, 0.15) is 11.4 Å². The summed E-state index contributed by atoms with van der Waals surface area (Å²) in [5.41, 5.74) is 4.73. The van der Waals surface area contributed by atoms with Gasteiger partial charge in [0.05, 0.1) is 45.7 Å². The summed E-state index contributed by atoms with van der Waals surface area (Å²) in [5.74, 6) is 0.829. The van der Waals surface area contributed by atoms with Crippen LogP contribution in [0.15, 0.2) is 188 Å². The van der Waals surface area contributed by atoms with Crippen molar-refractivity contribution in [1.82, 2.24) is 0 Å². The zero-order valence-electron chi connectivity index (χ0n) is 34.3. The van der Waals surface area contributed by atoms with Crippen LogP contribution in [0.5, 0.6) is 5.75 Å². The van der Waals surface area contributed by atoms with Crippen LogP contribution >= 0.6 is 0 Å². The van der Waals surface area contributed by atoms with Crippen LogP contribution in [0.1, 0.15) is 55.9 Å². The maximum Gasteiger partial charge on any atom is 0.261 e. The molecule has 0 N–H and O–H groups in total. The average molecular weight is 789 g/mol. The highest BCUT2D eigenvalue weighted by Crippen LogP contribution is 2.42. The standard InChI is InChI=1S/C52H56O5Si/c1-51(2,3)58(49-26-16-8-17-27-49,50-28-18-9-19-29-50)56-35-34-42-36-47(39-54-38-41-30-32-46(53-4)33-31-41)57-48(37-42)40-55-52(43-20-10-5-11-21-43,44-22-12-6-13-23-44)45-24-14-7-15-25-45/h5-34,47-48H,35-40H2,1-4H3/b42-34+/t47-,48+/m1/s1. The predicted molar refractivity (Wildman–Crippen MR) is 237 cm³/mol. The minimum atomic E-state index is -2.72. The zero-order chi connectivity index (χ0) is 40.3. The van der Waals surface area contributed by atoms with Crippen LogP contribution in [-0.2, 0) is 30.8 Å². The highest BCUT2D eigenvalue weighted by molar-refractivity contribution is 6.99. The van der Waals surface area contributed by atoms with Gasteiger partial charge in [0.15, 0.2) is 0 Å². The summed E-state index contributed by atoms with van der Waals surface area (Å²) in [6.45, 7) is 8.78. The monoisotopic (exact) mass is 788 g/mol. The van der Waals surface area contributed by atoms with E-state index in [4.69, 9.17) is 23.4 Å². The molecule has 7 rings (SSSR count). The van der Waals surface area contributed by atoms with E-state index >= 15 is 0 Å². The molecule has 6 aromatic rings. The van der Waals surface area contributed by atoms with Crippen LogP contribution in [0.2, 0.25) is 5.04 Å². The maximum atomic E-state index is 7.33. The third-order valence-electron chi connectivity index (χ3n) is 11.2. The third-order valence-corrected chi connectivity index (χ3v) is 16.2. The lowest BCUT2D eigenvalue weighted by atomic mass is 9.80. The summed E-state index contributed by atoms with van der Waals surface area (Å²) in [7, 11) is -1.04. The highest BCUT2D eigenvalue weighted by atomic mass is 28.4. The molecule has 1 saturated heterocycles. The Morgan fingerprint density at radius 1 is 0.586 bits per heavy atom. The SMILES string of the molecule is COc1ccc(COC[C@H]2C/C(=C\CO[Si](c3ccccc3)(c3ccccc3)C(C)(C)C)C[C@@H](COC(c3ccccc3)(c3ccccc3)c3ccccc3)O2)cc1. The van der Waals surface area contributed by atoms with Crippen LogP contribution in [0.4, 0.5) is 0 Å². The Hall–Kier alpha value is -5.08. The van der Waals surface area contributed by atoms with E-state index in [1.165, 1.54) is 15.9 Å². The van der Waals surface area contributed by atoms with Gasteiger partial charge in [-0.25, -0.2) is 0 Å². The summed E-state index contributed by atoms with van der Waals surface area (Å²) in [5, 5.41) is 2.43. The van der Waals surface area contributed by atoms with Gasteiger partial charge in [-0.15, -0.1) is 0 Å². The molecule has 0 bridgehead atoms. The van der Waals surface area contributed by atoms with Crippen molar-refractivity contribution in [2.45, 2.75) is 63.1 Å². The van der Waals surface area contributed by atoms with Crippen molar-refractivity contribution >= 4 is 18.7 Å². The van der Waals surface area contributed by atoms with Crippen LogP contribution in [0.25, 0.3) is 0 Å². The number of benzene rings is 6. The minimum absolute atomic E-state index is 0.117. The van der Waals surface area contributed by atoms with Crippen LogP contribution in [0, 0.1) is 0 Å². The van der Waals surface area contributed by atoms with E-state index in [1.807, 2.05) is 24.3 Å². The molecule has 0 radical (unpaired) electrons. The van der Waals surface area contributed by atoms with Crippen molar-refractivity contribution in [3.63, 3.8) is 0 Å². The lowest BCUT2D eigenvalue weighted by Gasteiger charge is -2.43. The normalized spacial score (nSPS) is 16.9. The largest absolute Gasteiger partial charge is 0.497 e. The second-order valence-electron chi connectivity index (χ2n) is 16.1. The van der Waals surface area contributed by atoms with Gasteiger partial charge in [-0.3, -0.25) is 0 Å². The quantitative estimate of drug-likeness (QED) is 0.0555. The number of hydrogen-bond acceptors (Lipinski definition) is 5. The van der Waals surface area contributed by atoms with Gasteiger partial charge < -0.3 is 23.4 Å². The molecule has 1 heterocycles. The molecule has 298 valence electrons. The second kappa shape index (κ2) is 19.1. The summed E-state index contributed by atoms with van der Waals surface area (Å²) < 4.78 is 33.2. The average Bonchev–Trinajstić information content (AvgIpc) is 3.27. The van der Waals surface area contributed by atoms with E-state index in [-0.39, 0.29) is 17.2 Å². The van der Waals surface area contributed by atoms with Crippen molar-refractivity contribution in [1.29, 1.82) is 0 Å². The van der Waals surface area contributed by atoms with E-state index in [0.717, 1.165) is 40.8 Å². The lowest BCUT2D eigenvalue weighted by Crippen LogP contribution is -2.66. The Labute approximate surface area is 346 Å². The van der Waals surface area contributed by atoms with Crippen LogP contribution < -0.4 is 15.1 Å². The smallest absolute Gasteiger partial charge is 0.261 e. The van der Waals surface area contributed by atoms with Gasteiger partial charge >= 0.3 is 0 Å². The van der Waals surface area contributed by atoms with Crippen molar-refractivity contribution in [3.8, 4) is 5.75 Å². The topological polar surface area (TPSA) is 46.2 Å². The van der Waals surface area contributed by atoms with Crippen molar-refractivity contribution in [2.75, 3.05) is 26.9 Å². The maximum absolute atomic E-state index is 7.33. The molecule has 0 aliphatic carbocycles. The molecule has 0 saturated carbocycles. The number of ether oxygens (including phenoxy) is 4. The Morgan fingerprint density at radius 2 is 1.03 bits per heavy atom. The van der Waals surface area contributed by atoms with Gasteiger partial charge in [-0.2, -0.15) is 0 Å². The molecule has 0 spiro atoms. The Balaban J connectivity index is 1.18. The molecule has 6 heteroatoms. The van der Waals surface area contributed by atoms with Gasteiger partial charge in [0.25, 0.3) is 8.32 Å². The fraction of sp³-hybridized carbons (Fsp3) is 0.269. The molecule has 1 aliphatic heterocycles. The Kier molecular flexibility index (Phi) is 13.5. The number of rotatable bonds is 16. The molecule has 0 unspecified atom stereocenters. The highest BCUT2D eigenvalue weighted by Gasteiger charge is 2.50. The fourth-order valence-corrected chi connectivity index (χ4v) is 13.0. The van der Waals surface area contributed by atoms with E-state index in [0.29, 0.717) is 26.4 Å². The summed E-state index contributed by atoms with van der Waals surface area (Å²) in [4.78, 5) is 0. The van der Waals surface area contributed by atoms with Crippen LogP contribution in [0.3, 0.4) is 0 Å². The first-order valence-corrected chi connectivity index (χ1v) is 22.3. The first kappa shape index (κ1) is 41.1. The molecule has 6 aromatic carbocycles. The molecule has 0 aromatic heterocycles. The third kappa shape index (κ3) is 9.28. The van der Waals surface area contributed by atoms with E-state index in [2.05, 4.69) is 179 Å². The molecular formula is C52H56O5Si. The summed E-state index contributed by atoms with van der Waals surface area (Å²) in [6, 6.07) is 61.3. The van der Waals surface area contributed by atoms with Gasteiger partial charge in [-0.1, -0.05) is 196 Å². The van der Waals surface area contributed by atoms with E-state index in [9.17, 15) is 0 Å². The molecule has 58 heavy (non-hydrogen) atoms. The van der Waals surface area contributed by atoms with E-state index in [1.54, 1.807) is 7.11 Å². The fourth-order valence-electron chi connectivity index (χ4n) is 8.46. The van der Waals surface area contributed by atoms with Crippen molar-refractivity contribution in [2.24, 2.45) is 0 Å². The Morgan fingerprint density at radius 3 is 1.48 bits per heavy atom. The zero-order valence-corrected chi connectivity index (χ0v) is 35.3. The van der Waals surface area contributed by atoms with Crippen molar-refractivity contribution < 1.29 is 23.4 Å². The van der Waals surface area contributed by atoms with E-state index < -0.39 is 13.9 Å². The predicted octanol–water partition coefficient (Wildman–Crippen LogP) is 10.3. The first-order valence-electron chi connectivity index (χ1n) is 20.4.